The molecule has 0 aromatic heterocycles. The van der Waals surface area contributed by atoms with Gasteiger partial charge in [-0.15, -0.1) is 0 Å². The predicted octanol–water partition coefficient (Wildman–Crippen LogP) is 1.19. The molecule has 1 aliphatic rings. The van der Waals surface area contributed by atoms with Crippen molar-refractivity contribution in [1.29, 1.82) is 0 Å². The largest absolute Gasteiger partial charge is 0.409 e. The number of nitrogens with one attached hydrogen (secondary N) is 2. The van der Waals surface area contributed by atoms with Gasteiger partial charge in [0.1, 0.15) is 5.84 Å². The summed E-state index contributed by atoms with van der Waals surface area (Å²) in [6.45, 7) is 5.66. The molecule has 1 fully saturated rings. The highest BCUT2D eigenvalue weighted by molar-refractivity contribution is 5.85. The number of amidine groups is 1. The van der Waals surface area contributed by atoms with Gasteiger partial charge in [0.05, 0.1) is 0 Å². The van der Waals surface area contributed by atoms with Gasteiger partial charge in [-0.25, -0.2) is 0 Å². The Kier molecular flexibility index (Phi) is 6.78. The average molecular weight is 284 g/mol. The first kappa shape index (κ1) is 16.8. The number of carbonyl (C=O) groups is 1. The van der Waals surface area contributed by atoms with Gasteiger partial charge >= 0.3 is 0 Å². The second kappa shape index (κ2) is 8.09. The van der Waals surface area contributed by atoms with Crippen LogP contribution in [0.3, 0.4) is 0 Å². The topological polar surface area (TPSA) is 99.7 Å². The second-order valence-electron chi connectivity index (χ2n) is 6.17. The predicted molar refractivity (Wildman–Crippen MR) is 79.7 cm³/mol. The van der Waals surface area contributed by atoms with Gasteiger partial charge in [0.2, 0.25) is 5.91 Å². The number of nitrogens with zero attached hydrogens (tertiary/aromatic N) is 1. The molecule has 6 heteroatoms. The van der Waals surface area contributed by atoms with Crippen LogP contribution < -0.4 is 16.4 Å². The first-order valence-corrected chi connectivity index (χ1v) is 7.44. The molecule has 0 aromatic rings. The molecule has 0 aliphatic heterocycles. The summed E-state index contributed by atoms with van der Waals surface area (Å²) >= 11 is 0. The van der Waals surface area contributed by atoms with Crippen LogP contribution in [-0.4, -0.2) is 36.1 Å². The van der Waals surface area contributed by atoms with Crippen molar-refractivity contribution in [1.82, 2.24) is 10.6 Å². The van der Waals surface area contributed by atoms with Gasteiger partial charge < -0.3 is 21.6 Å². The molecular formula is C14H28N4O2. The summed E-state index contributed by atoms with van der Waals surface area (Å²) in [6.07, 6.45) is 5.55. The second-order valence-corrected chi connectivity index (χ2v) is 6.17. The summed E-state index contributed by atoms with van der Waals surface area (Å²) in [5, 5.41) is 18.0. The molecular weight excluding hydrogens is 256 g/mol. The fourth-order valence-electron chi connectivity index (χ4n) is 1.95. The minimum atomic E-state index is -0.277. The highest BCUT2D eigenvalue weighted by atomic mass is 16.4. The van der Waals surface area contributed by atoms with E-state index in [1.807, 2.05) is 13.8 Å². The highest BCUT2D eigenvalue weighted by Gasteiger charge is 2.23. The van der Waals surface area contributed by atoms with Gasteiger partial charge in [0.15, 0.2) is 0 Å². The third kappa shape index (κ3) is 6.75. The Morgan fingerprint density at radius 2 is 2.00 bits per heavy atom. The zero-order chi connectivity index (χ0) is 15.0. The van der Waals surface area contributed by atoms with Gasteiger partial charge in [-0.05, 0) is 45.2 Å². The zero-order valence-corrected chi connectivity index (χ0v) is 12.6. The van der Waals surface area contributed by atoms with Crippen molar-refractivity contribution in [2.75, 3.05) is 13.1 Å². The third-order valence-corrected chi connectivity index (χ3v) is 3.66. The number of rotatable bonds is 10. The van der Waals surface area contributed by atoms with Crippen LogP contribution in [0.4, 0.5) is 0 Å². The maximum absolute atomic E-state index is 11.4. The molecule has 0 atom stereocenters. The highest BCUT2D eigenvalue weighted by Crippen LogP contribution is 2.21. The van der Waals surface area contributed by atoms with Gasteiger partial charge in [-0.1, -0.05) is 19.0 Å². The fourth-order valence-corrected chi connectivity index (χ4v) is 1.95. The van der Waals surface area contributed by atoms with Crippen LogP contribution in [-0.2, 0) is 4.79 Å². The van der Waals surface area contributed by atoms with Crippen molar-refractivity contribution >= 4 is 11.7 Å². The van der Waals surface area contributed by atoms with Crippen LogP contribution in [0.1, 0.15) is 52.4 Å². The summed E-state index contributed by atoms with van der Waals surface area (Å²) in [5.74, 6) is 0.441. The smallest absolute Gasteiger partial charge is 0.220 e. The number of carbonyl (C=O) groups excluding carboxylic acids is 1. The van der Waals surface area contributed by atoms with Gasteiger partial charge in [-0.3, -0.25) is 4.79 Å². The molecule has 6 nitrogen and oxygen atoms in total. The van der Waals surface area contributed by atoms with E-state index in [1.54, 1.807) is 0 Å². The molecule has 0 saturated heterocycles. The van der Waals surface area contributed by atoms with Crippen molar-refractivity contribution in [3.8, 4) is 0 Å². The van der Waals surface area contributed by atoms with E-state index < -0.39 is 0 Å². The minimum Gasteiger partial charge on any atom is -0.409 e. The lowest BCUT2D eigenvalue weighted by Gasteiger charge is -2.22. The van der Waals surface area contributed by atoms with Crippen molar-refractivity contribution in [3.05, 3.63) is 0 Å². The third-order valence-electron chi connectivity index (χ3n) is 3.66. The van der Waals surface area contributed by atoms with Crippen LogP contribution >= 0.6 is 0 Å². The van der Waals surface area contributed by atoms with E-state index in [-0.39, 0.29) is 17.2 Å². The van der Waals surface area contributed by atoms with E-state index in [9.17, 15) is 4.79 Å². The van der Waals surface area contributed by atoms with Gasteiger partial charge in [-0.2, -0.15) is 0 Å². The van der Waals surface area contributed by atoms with Crippen LogP contribution in [0.25, 0.3) is 0 Å². The van der Waals surface area contributed by atoms with E-state index >= 15 is 0 Å². The molecule has 0 unspecified atom stereocenters. The molecule has 1 rings (SSSR count). The summed E-state index contributed by atoms with van der Waals surface area (Å²) in [7, 11) is 0. The Morgan fingerprint density at radius 3 is 2.60 bits per heavy atom. The quantitative estimate of drug-likeness (QED) is 0.159. The van der Waals surface area contributed by atoms with Crippen LogP contribution in [0.15, 0.2) is 5.16 Å². The lowest BCUT2D eigenvalue weighted by molar-refractivity contribution is -0.121. The molecule has 5 N–H and O–H groups in total. The molecule has 116 valence electrons. The minimum absolute atomic E-state index is 0.169. The lowest BCUT2D eigenvalue weighted by atomic mass is 9.86. The Labute approximate surface area is 121 Å². The van der Waals surface area contributed by atoms with Crippen molar-refractivity contribution in [2.24, 2.45) is 16.3 Å². The average Bonchev–Trinajstić information content (AvgIpc) is 3.20. The zero-order valence-electron chi connectivity index (χ0n) is 12.6. The summed E-state index contributed by atoms with van der Waals surface area (Å²) in [6, 6.07) is 0.455. The van der Waals surface area contributed by atoms with E-state index in [2.05, 4.69) is 15.8 Å². The molecule has 0 heterocycles. The summed E-state index contributed by atoms with van der Waals surface area (Å²) in [5.41, 5.74) is 5.35. The fraction of sp³-hybridized carbons (Fsp3) is 0.857. The number of hydrogen-bond donors (Lipinski definition) is 4. The molecule has 1 saturated carbocycles. The molecule has 0 spiro atoms. The maximum Gasteiger partial charge on any atom is 0.220 e. The number of hydrogen-bond acceptors (Lipinski definition) is 4. The normalized spacial score (nSPS) is 16.2. The Balaban J connectivity index is 1.95. The maximum atomic E-state index is 11.4. The van der Waals surface area contributed by atoms with Crippen LogP contribution in [0, 0.1) is 5.41 Å². The lowest BCUT2D eigenvalue weighted by Crippen LogP contribution is -2.32. The number of nitrogens with two attached hydrogens (primary N) is 1. The van der Waals surface area contributed by atoms with Gasteiger partial charge in [0.25, 0.3) is 0 Å². The molecule has 20 heavy (non-hydrogen) atoms. The van der Waals surface area contributed by atoms with E-state index in [0.29, 0.717) is 12.5 Å². The van der Waals surface area contributed by atoms with E-state index in [4.69, 9.17) is 10.9 Å². The van der Waals surface area contributed by atoms with Crippen molar-refractivity contribution in [2.45, 2.75) is 58.4 Å². The van der Waals surface area contributed by atoms with Gasteiger partial charge in [0, 0.05) is 17.9 Å². The van der Waals surface area contributed by atoms with E-state index in [1.165, 1.54) is 0 Å². The number of amides is 1. The summed E-state index contributed by atoms with van der Waals surface area (Å²) in [4.78, 5) is 11.4. The van der Waals surface area contributed by atoms with Crippen molar-refractivity contribution in [3.63, 3.8) is 0 Å². The number of oxime groups is 1. The standard InChI is InChI=1S/C14H28N4O2/c1-14(2,13(15)18-20)8-4-10-16-9-3-5-12(19)17-11-6-7-11/h11,16,20H,3-10H2,1-2H3,(H2,15,18)(H,17,19). The first-order valence-electron chi connectivity index (χ1n) is 7.44. The van der Waals surface area contributed by atoms with Crippen LogP contribution in [0.2, 0.25) is 0 Å². The SMILES string of the molecule is CC(C)(CCCNCCCC(=O)NC1CC1)C(N)=NO. The molecule has 1 aliphatic carbocycles. The molecule has 0 bridgehead atoms. The summed E-state index contributed by atoms with van der Waals surface area (Å²) < 4.78 is 0. The molecule has 1 amide bonds. The Hall–Kier alpha value is -1.30. The molecule has 0 aromatic carbocycles. The monoisotopic (exact) mass is 284 g/mol. The van der Waals surface area contributed by atoms with E-state index in [0.717, 1.165) is 45.2 Å². The Bertz CT molecular complexity index is 338. The van der Waals surface area contributed by atoms with Crippen molar-refractivity contribution < 1.29 is 10.0 Å². The van der Waals surface area contributed by atoms with Crippen LogP contribution in [0.5, 0.6) is 0 Å². The Morgan fingerprint density at radius 1 is 1.35 bits per heavy atom. The molecule has 0 radical (unpaired) electrons. The first-order chi connectivity index (χ1) is 9.45.